The number of aromatic amines is 1. The van der Waals surface area contributed by atoms with E-state index in [1.165, 1.54) is 0 Å². The van der Waals surface area contributed by atoms with Crippen LogP contribution in [0.15, 0.2) is 64.7 Å². The van der Waals surface area contributed by atoms with Gasteiger partial charge in [-0.05, 0) is 25.1 Å². The van der Waals surface area contributed by atoms with Crippen molar-refractivity contribution in [2.75, 3.05) is 19.7 Å². The molecule has 0 fully saturated rings. The van der Waals surface area contributed by atoms with Gasteiger partial charge in [-0.1, -0.05) is 30.9 Å². The van der Waals surface area contributed by atoms with Crippen LogP contribution in [-0.4, -0.2) is 40.8 Å². The zero-order valence-electron chi connectivity index (χ0n) is 16.9. The molecule has 0 aliphatic heterocycles. The lowest BCUT2D eigenvalue weighted by Crippen LogP contribution is -2.38. The second-order valence-corrected chi connectivity index (χ2v) is 6.16. The fourth-order valence-electron chi connectivity index (χ4n) is 2.65. The van der Waals surface area contributed by atoms with Crippen molar-refractivity contribution in [3.05, 3.63) is 66.7 Å². The Morgan fingerprint density at radius 1 is 1.27 bits per heavy atom. The molecule has 0 bridgehead atoms. The summed E-state index contributed by atoms with van der Waals surface area (Å²) < 4.78 is 11.0. The van der Waals surface area contributed by atoms with Crippen molar-refractivity contribution < 1.29 is 9.15 Å². The normalized spacial score (nSPS) is 10.9. The van der Waals surface area contributed by atoms with E-state index < -0.39 is 0 Å². The average molecular weight is 522 g/mol. The van der Waals surface area contributed by atoms with E-state index in [9.17, 15) is 0 Å². The minimum atomic E-state index is 0. The first-order valence-corrected chi connectivity index (χ1v) is 9.59. The van der Waals surface area contributed by atoms with Crippen molar-refractivity contribution in [2.24, 2.45) is 4.99 Å². The second kappa shape index (κ2) is 12.7. The van der Waals surface area contributed by atoms with E-state index in [1.54, 1.807) is 12.3 Å². The molecule has 0 aliphatic carbocycles. The summed E-state index contributed by atoms with van der Waals surface area (Å²) in [5.41, 5.74) is 1.02. The number of para-hydroxylation sites is 1. The molecule has 30 heavy (non-hydrogen) atoms. The van der Waals surface area contributed by atoms with Crippen LogP contribution in [0.1, 0.15) is 18.3 Å². The molecule has 3 N–H and O–H groups in total. The topological polar surface area (TPSA) is 100 Å². The van der Waals surface area contributed by atoms with Crippen LogP contribution in [0.3, 0.4) is 0 Å². The molecule has 0 saturated heterocycles. The highest BCUT2D eigenvalue weighted by atomic mass is 127. The summed E-state index contributed by atoms with van der Waals surface area (Å²) in [5, 5.41) is 13.7. The summed E-state index contributed by atoms with van der Waals surface area (Å²) >= 11 is 0. The maximum atomic E-state index is 5.70. The summed E-state index contributed by atoms with van der Waals surface area (Å²) in [5.74, 6) is 3.54. The zero-order valence-corrected chi connectivity index (χ0v) is 19.3. The molecule has 0 amide bonds. The molecule has 0 unspecified atom stereocenters. The van der Waals surface area contributed by atoms with Crippen molar-refractivity contribution in [3.8, 4) is 17.3 Å². The van der Waals surface area contributed by atoms with Gasteiger partial charge in [0.2, 0.25) is 5.82 Å². The van der Waals surface area contributed by atoms with Crippen molar-refractivity contribution >= 4 is 29.9 Å². The molecule has 0 spiro atoms. The lowest BCUT2D eigenvalue weighted by atomic mass is 10.2. The van der Waals surface area contributed by atoms with Crippen molar-refractivity contribution in [2.45, 2.75) is 19.9 Å². The maximum Gasteiger partial charge on any atom is 0.216 e. The van der Waals surface area contributed by atoms with Gasteiger partial charge in [-0.25, -0.2) is 9.98 Å². The number of halogens is 1. The number of guanidine groups is 1. The van der Waals surface area contributed by atoms with Gasteiger partial charge in [0.1, 0.15) is 18.2 Å². The monoisotopic (exact) mass is 522 g/mol. The summed E-state index contributed by atoms with van der Waals surface area (Å²) in [7, 11) is 0. The van der Waals surface area contributed by atoms with E-state index in [2.05, 4.69) is 37.4 Å². The van der Waals surface area contributed by atoms with Gasteiger partial charge in [0, 0.05) is 25.1 Å². The first-order valence-electron chi connectivity index (χ1n) is 9.59. The van der Waals surface area contributed by atoms with E-state index in [0.29, 0.717) is 37.7 Å². The fraction of sp³-hybridized carbons (Fsp3) is 0.286. The van der Waals surface area contributed by atoms with Gasteiger partial charge in [0.25, 0.3) is 0 Å². The fourth-order valence-corrected chi connectivity index (χ4v) is 2.65. The minimum Gasteiger partial charge on any atom is -0.489 e. The summed E-state index contributed by atoms with van der Waals surface area (Å²) in [6, 6.07) is 11.5. The Labute approximate surface area is 193 Å². The van der Waals surface area contributed by atoms with Gasteiger partial charge in [0.05, 0.1) is 12.8 Å². The molecule has 0 saturated carbocycles. The zero-order chi connectivity index (χ0) is 20.3. The molecule has 0 radical (unpaired) electrons. The van der Waals surface area contributed by atoms with Gasteiger partial charge in [-0.2, -0.15) is 5.10 Å². The standard InChI is InChI=1S/C21H26N6O2.HI/c1-3-13-28-17-9-6-5-8-16(17)15-24-21(22-4-2)23-12-11-19-25-20(27-26-19)18-10-7-14-29-18;/h3,5-10,14H,1,4,11-13,15H2,2H3,(H2,22,23,24)(H,25,26,27);1H. The van der Waals surface area contributed by atoms with Gasteiger partial charge in [0.15, 0.2) is 11.7 Å². The number of aromatic nitrogens is 3. The predicted octanol–water partition coefficient (Wildman–Crippen LogP) is 3.55. The number of aliphatic imine (C=N–C) groups is 1. The molecule has 1 aromatic carbocycles. The number of nitrogens with one attached hydrogen (secondary N) is 3. The van der Waals surface area contributed by atoms with Crippen molar-refractivity contribution in [1.29, 1.82) is 0 Å². The number of benzene rings is 1. The van der Waals surface area contributed by atoms with Crippen LogP contribution in [0.4, 0.5) is 0 Å². The molecule has 2 aromatic heterocycles. The van der Waals surface area contributed by atoms with Crippen LogP contribution in [0, 0.1) is 0 Å². The summed E-state index contributed by atoms with van der Waals surface area (Å²) in [6.07, 6.45) is 4.01. The Bertz CT molecular complexity index is 923. The molecule has 8 nitrogen and oxygen atoms in total. The number of nitrogens with zero attached hydrogens (tertiary/aromatic N) is 3. The van der Waals surface area contributed by atoms with Crippen molar-refractivity contribution in [1.82, 2.24) is 25.8 Å². The van der Waals surface area contributed by atoms with Gasteiger partial charge in [-0.3, -0.25) is 5.10 Å². The van der Waals surface area contributed by atoms with E-state index in [-0.39, 0.29) is 24.0 Å². The number of hydrogen-bond acceptors (Lipinski definition) is 5. The lowest BCUT2D eigenvalue weighted by Gasteiger charge is -2.12. The van der Waals surface area contributed by atoms with Gasteiger partial charge < -0.3 is 19.8 Å². The van der Waals surface area contributed by atoms with Crippen LogP contribution in [0.2, 0.25) is 0 Å². The SMILES string of the molecule is C=CCOc1ccccc1CN=C(NCC)NCCc1nc(-c2ccco2)n[nH]1.I. The molecule has 160 valence electrons. The Kier molecular flexibility index (Phi) is 9.92. The van der Waals surface area contributed by atoms with Crippen molar-refractivity contribution in [3.63, 3.8) is 0 Å². The Morgan fingerprint density at radius 3 is 2.90 bits per heavy atom. The molecular weight excluding hydrogens is 495 g/mol. The van der Waals surface area contributed by atoms with Crippen LogP contribution in [0.25, 0.3) is 11.6 Å². The van der Waals surface area contributed by atoms with Gasteiger partial charge in [-0.15, -0.1) is 24.0 Å². The average Bonchev–Trinajstić information content (AvgIpc) is 3.43. The summed E-state index contributed by atoms with van der Waals surface area (Å²) in [4.78, 5) is 9.10. The maximum absolute atomic E-state index is 5.70. The number of ether oxygens (including phenoxy) is 1. The Hall–Kier alpha value is -2.82. The highest BCUT2D eigenvalue weighted by Crippen LogP contribution is 2.19. The Balaban J connectivity index is 0.00000320. The smallest absolute Gasteiger partial charge is 0.216 e. The number of rotatable bonds is 10. The Morgan fingerprint density at radius 2 is 2.13 bits per heavy atom. The van der Waals surface area contributed by atoms with Crippen LogP contribution >= 0.6 is 24.0 Å². The quantitative estimate of drug-likeness (QED) is 0.163. The highest BCUT2D eigenvalue weighted by Gasteiger charge is 2.08. The van der Waals surface area contributed by atoms with E-state index in [1.807, 2.05) is 43.3 Å². The van der Waals surface area contributed by atoms with Crippen LogP contribution in [0.5, 0.6) is 5.75 Å². The van der Waals surface area contributed by atoms with Gasteiger partial charge >= 0.3 is 0 Å². The summed E-state index contributed by atoms with van der Waals surface area (Å²) in [6.45, 7) is 8.13. The third-order valence-corrected chi connectivity index (χ3v) is 4.01. The first kappa shape index (κ1) is 23.5. The van der Waals surface area contributed by atoms with Crippen LogP contribution in [-0.2, 0) is 13.0 Å². The van der Waals surface area contributed by atoms with Crippen LogP contribution < -0.4 is 15.4 Å². The number of hydrogen-bond donors (Lipinski definition) is 3. The molecule has 9 heteroatoms. The molecule has 3 rings (SSSR count). The van der Waals surface area contributed by atoms with E-state index in [4.69, 9.17) is 9.15 Å². The third-order valence-electron chi connectivity index (χ3n) is 4.01. The minimum absolute atomic E-state index is 0. The third kappa shape index (κ3) is 6.90. The molecule has 3 aromatic rings. The molecule has 0 aliphatic rings. The molecule has 2 heterocycles. The molecule has 0 atom stereocenters. The highest BCUT2D eigenvalue weighted by molar-refractivity contribution is 14.0. The number of H-pyrrole nitrogens is 1. The lowest BCUT2D eigenvalue weighted by molar-refractivity contribution is 0.359. The molecular formula is C21H27IN6O2. The first-order chi connectivity index (χ1) is 14.3. The van der Waals surface area contributed by atoms with E-state index in [0.717, 1.165) is 29.6 Å². The second-order valence-electron chi connectivity index (χ2n) is 6.16. The largest absolute Gasteiger partial charge is 0.489 e. The predicted molar refractivity (Wildman–Crippen MR) is 128 cm³/mol. The number of furan rings is 1. The van der Waals surface area contributed by atoms with E-state index >= 15 is 0 Å².